The van der Waals surface area contributed by atoms with E-state index in [9.17, 15) is 0 Å². The summed E-state index contributed by atoms with van der Waals surface area (Å²) in [5, 5.41) is 1.09. The molecule has 0 saturated heterocycles. The molecule has 0 atom stereocenters. The van der Waals surface area contributed by atoms with Crippen molar-refractivity contribution in [2.45, 2.75) is 13.3 Å². The molecule has 4 heteroatoms. The van der Waals surface area contributed by atoms with Crippen molar-refractivity contribution >= 4 is 38.3 Å². The Balaban J connectivity index is 2.29. The number of para-hydroxylation sites is 1. The van der Waals surface area contributed by atoms with Crippen LogP contribution < -0.4 is 4.90 Å². The molecule has 0 aliphatic rings. The van der Waals surface area contributed by atoms with E-state index in [2.05, 4.69) is 35.0 Å². The summed E-state index contributed by atoms with van der Waals surface area (Å²) in [5.41, 5.74) is 1.08. The number of aromatic nitrogens is 1. The highest BCUT2D eigenvalue weighted by atomic mass is 35.5. The number of benzene rings is 1. The van der Waals surface area contributed by atoms with Crippen molar-refractivity contribution < 1.29 is 0 Å². The smallest absolute Gasteiger partial charge is 0.186 e. The molecule has 1 aromatic heterocycles. The van der Waals surface area contributed by atoms with Crippen LogP contribution >= 0.6 is 22.9 Å². The Kier molecular flexibility index (Phi) is 4.02. The maximum atomic E-state index is 5.82. The Morgan fingerprint density at radius 3 is 2.81 bits per heavy atom. The van der Waals surface area contributed by atoms with E-state index in [1.807, 2.05) is 6.07 Å². The second-order valence-electron chi connectivity index (χ2n) is 3.64. The minimum absolute atomic E-state index is 0.649. The van der Waals surface area contributed by atoms with Crippen LogP contribution in [0.4, 0.5) is 5.13 Å². The van der Waals surface area contributed by atoms with E-state index in [1.54, 1.807) is 11.3 Å². The van der Waals surface area contributed by atoms with Crippen LogP contribution in [0.2, 0.25) is 0 Å². The van der Waals surface area contributed by atoms with Crippen LogP contribution in [0.3, 0.4) is 0 Å². The summed E-state index contributed by atoms with van der Waals surface area (Å²) in [7, 11) is 0. The van der Waals surface area contributed by atoms with Crippen molar-refractivity contribution in [2.75, 3.05) is 23.9 Å². The van der Waals surface area contributed by atoms with Crippen molar-refractivity contribution in [2.24, 2.45) is 0 Å². The summed E-state index contributed by atoms with van der Waals surface area (Å²) < 4.78 is 1.24. The average Bonchev–Trinajstić information content (AvgIpc) is 2.72. The van der Waals surface area contributed by atoms with Gasteiger partial charge in [-0.05, 0) is 18.6 Å². The normalized spacial score (nSPS) is 10.9. The monoisotopic (exact) mass is 254 g/mol. The van der Waals surface area contributed by atoms with Crippen molar-refractivity contribution in [3.8, 4) is 0 Å². The second kappa shape index (κ2) is 5.51. The molecule has 0 fully saturated rings. The maximum Gasteiger partial charge on any atom is 0.186 e. The molecule has 0 aliphatic heterocycles. The highest BCUT2D eigenvalue weighted by molar-refractivity contribution is 7.22. The zero-order valence-corrected chi connectivity index (χ0v) is 10.9. The SMILES string of the molecule is CCCN(CCCl)c1nc2ccccc2s1. The minimum atomic E-state index is 0.649. The van der Waals surface area contributed by atoms with Gasteiger partial charge in [0.15, 0.2) is 5.13 Å². The Morgan fingerprint density at radius 2 is 2.12 bits per heavy atom. The van der Waals surface area contributed by atoms with E-state index in [4.69, 9.17) is 11.6 Å². The number of anilines is 1. The van der Waals surface area contributed by atoms with Gasteiger partial charge in [-0.3, -0.25) is 0 Å². The third-order valence-electron chi connectivity index (χ3n) is 2.40. The molecule has 1 aromatic carbocycles. The van der Waals surface area contributed by atoms with E-state index >= 15 is 0 Å². The van der Waals surface area contributed by atoms with Gasteiger partial charge >= 0.3 is 0 Å². The Hall–Kier alpha value is -0.800. The molecular weight excluding hydrogens is 240 g/mol. The van der Waals surface area contributed by atoms with E-state index < -0.39 is 0 Å². The molecule has 1 heterocycles. The van der Waals surface area contributed by atoms with E-state index in [0.29, 0.717) is 5.88 Å². The van der Waals surface area contributed by atoms with Gasteiger partial charge in [-0.25, -0.2) is 4.98 Å². The maximum absolute atomic E-state index is 5.82. The number of alkyl halides is 1. The van der Waals surface area contributed by atoms with Gasteiger partial charge in [0.2, 0.25) is 0 Å². The van der Waals surface area contributed by atoms with Gasteiger partial charge in [-0.2, -0.15) is 0 Å². The number of fused-ring (bicyclic) bond motifs is 1. The Bertz CT molecular complexity index is 416. The third kappa shape index (κ3) is 2.47. The molecule has 0 aliphatic carbocycles. The summed E-state index contributed by atoms with van der Waals surface area (Å²) >= 11 is 7.56. The lowest BCUT2D eigenvalue weighted by molar-refractivity contribution is 0.792. The lowest BCUT2D eigenvalue weighted by atomic mass is 10.3. The first-order valence-corrected chi connectivity index (χ1v) is 6.86. The quantitative estimate of drug-likeness (QED) is 0.756. The van der Waals surface area contributed by atoms with E-state index in [-0.39, 0.29) is 0 Å². The zero-order chi connectivity index (χ0) is 11.4. The molecule has 2 aromatic rings. The summed E-state index contributed by atoms with van der Waals surface area (Å²) in [4.78, 5) is 6.90. The van der Waals surface area contributed by atoms with Crippen molar-refractivity contribution in [3.05, 3.63) is 24.3 Å². The summed E-state index contributed by atoms with van der Waals surface area (Å²) in [6.45, 7) is 4.07. The molecule has 86 valence electrons. The lowest BCUT2D eigenvalue weighted by Crippen LogP contribution is -2.25. The van der Waals surface area contributed by atoms with Gasteiger partial charge in [-0.15, -0.1) is 11.6 Å². The minimum Gasteiger partial charge on any atom is -0.347 e. The average molecular weight is 255 g/mol. The standard InChI is InChI=1S/C12H15ClN2S/c1-2-8-15(9-7-13)12-14-10-5-3-4-6-11(10)16-12/h3-6H,2,7-9H2,1H3. The predicted molar refractivity (Wildman–Crippen MR) is 72.8 cm³/mol. The van der Waals surface area contributed by atoms with Crippen molar-refractivity contribution in [1.29, 1.82) is 0 Å². The summed E-state index contributed by atoms with van der Waals surface area (Å²) in [5.74, 6) is 0.649. The molecule has 2 rings (SSSR count). The summed E-state index contributed by atoms with van der Waals surface area (Å²) in [6, 6.07) is 8.25. The number of thiazole rings is 1. The third-order valence-corrected chi connectivity index (χ3v) is 3.67. The number of nitrogens with zero attached hydrogens (tertiary/aromatic N) is 2. The number of rotatable bonds is 5. The number of halogens is 1. The lowest BCUT2D eigenvalue weighted by Gasteiger charge is -2.19. The van der Waals surface area contributed by atoms with Crippen LogP contribution in [-0.4, -0.2) is 24.0 Å². The molecule has 0 spiro atoms. The number of hydrogen-bond acceptors (Lipinski definition) is 3. The van der Waals surface area contributed by atoms with Crippen LogP contribution in [0.5, 0.6) is 0 Å². The number of hydrogen-bond donors (Lipinski definition) is 0. The molecule has 0 saturated carbocycles. The Morgan fingerprint density at radius 1 is 1.31 bits per heavy atom. The van der Waals surface area contributed by atoms with Crippen LogP contribution in [0.15, 0.2) is 24.3 Å². The molecule has 16 heavy (non-hydrogen) atoms. The largest absolute Gasteiger partial charge is 0.347 e. The van der Waals surface area contributed by atoms with Gasteiger partial charge in [0.1, 0.15) is 0 Å². The van der Waals surface area contributed by atoms with Crippen molar-refractivity contribution in [1.82, 2.24) is 4.98 Å². The van der Waals surface area contributed by atoms with Gasteiger partial charge in [0, 0.05) is 19.0 Å². The van der Waals surface area contributed by atoms with Gasteiger partial charge in [-0.1, -0.05) is 30.4 Å². The molecule has 0 amide bonds. The fraction of sp³-hybridized carbons (Fsp3) is 0.417. The fourth-order valence-corrected chi connectivity index (χ4v) is 2.89. The highest BCUT2D eigenvalue weighted by Crippen LogP contribution is 2.28. The fourth-order valence-electron chi connectivity index (χ4n) is 1.67. The topological polar surface area (TPSA) is 16.1 Å². The first-order valence-electron chi connectivity index (χ1n) is 5.51. The van der Waals surface area contributed by atoms with Crippen LogP contribution in [-0.2, 0) is 0 Å². The van der Waals surface area contributed by atoms with Gasteiger partial charge in [0.05, 0.1) is 10.2 Å². The van der Waals surface area contributed by atoms with Crippen LogP contribution in [0, 0.1) is 0 Å². The molecule has 0 radical (unpaired) electrons. The second-order valence-corrected chi connectivity index (χ2v) is 5.03. The first kappa shape index (κ1) is 11.7. The van der Waals surface area contributed by atoms with Gasteiger partial charge < -0.3 is 4.90 Å². The van der Waals surface area contributed by atoms with Crippen LogP contribution in [0.1, 0.15) is 13.3 Å². The highest BCUT2D eigenvalue weighted by Gasteiger charge is 2.10. The summed E-state index contributed by atoms with van der Waals surface area (Å²) in [6.07, 6.45) is 1.12. The Labute approximate surface area is 105 Å². The molecule has 2 nitrogen and oxygen atoms in total. The van der Waals surface area contributed by atoms with E-state index in [1.165, 1.54) is 4.70 Å². The molecule has 0 N–H and O–H groups in total. The first-order chi connectivity index (χ1) is 7.85. The molecular formula is C12H15ClN2S. The van der Waals surface area contributed by atoms with Gasteiger partial charge in [0.25, 0.3) is 0 Å². The molecule has 0 unspecified atom stereocenters. The van der Waals surface area contributed by atoms with Crippen molar-refractivity contribution in [3.63, 3.8) is 0 Å². The van der Waals surface area contributed by atoms with E-state index in [0.717, 1.165) is 30.2 Å². The molecule has 0 bridgehead atoms. The van der Waals surface area contributed by atoms with Crippen LogP contribution in [0.25, 0.3) is 10.2 Å². The zero-order valence-electron chi connectivity index (χ0n) is 9.32. The predicted octanol–water partition coefficient (Wildman–Crippen LogP) is 3.75.